The van der Waals surface area contributed by atoms with E-state index < -0.39 is 60.8 Å². The minimum atomic E-state index is -1.13. The fourth-order valence-corrected chi connectivity index (χ4v) is 2.65. The second kappa shape index (κ2) is 10.3. The van der Waals surface area contributed by atoms with Crippen LogP contribution >= 0.6 is 0 Å². The van der Waals surface area contributed by atoms with Crippen LogP contribution < -0.4 is 5.32 Å². The summed E-state index contributed by atoms with van der Waals surface area (Å²) in [6, 6.07) is -0.895. The molecule has 0 radical (unpaired) electrons. The number of esters is 3. The molecule has 0 aromatic heterocycles. The summed E-state index contributed by atoms with van der Waals surface area (Å²) in [7, 11) is 0. The molecule has 0 spiro atoms. The van der Waals surface area contributed by atoms with Crippen molar-refractivity contribution >= 4 is 23.8 Å². The van der Waals surface area contributed by atoms with E-state index >= 15 is 0 Å². The van der Waals surface area contributed by atoms with Gasteiger partial charge in [0.25, 0.3) is 0 Å². The average molecular weight is 386 g/mol. The third-order valence-corrected chi connectivity index (χ3v) is 3.60. The van der Waals surface area contributed by atoms with Crippen molar-refractivity contribution in [3.8, 4) is 0 Å². The number of nitrogens with one attached hydrogen (secondary N) is 1. The highest BCUT2D eigenvalue weighted by atomic mass is 16.6. The highest BCUT2D eigenvalue weighted by Gasteiger charge is 2.49. The molecular formula is C15H22N4O8. The molecule has 1 aliphatic rings. The zero-order valence-corrected chi connectivity index (χ0v) is 15.4. The smallest absolute Gasteiger partial charge is 0.303 e. The van der Waals surface area contributed by atoms with Crippen LogP contribution in [0.4, 0.5) is 0 Å². The molecule has 150 valence electrons. The van der Waals surface area contributed by atoms with Crippen molar-refractivity contribution < 1.29 is 38.1 Å². The molecule has 0 saturated carbocycles. The van der Waals surface area contributed by atoms with Crippen molar-refractivity contribution in [1.82, 2.24) is 5.32 Å². The first kappa shape index (κ1) is 22.2. The number of rotatable bonds is 7. The van der Waals surface area contributed by atoms with E-state index in [-0.39, 0.29) is 6.61 Å². The molecule has 1 saturated heterocycles. The molecule has 5 atom stereocenters. The van der Waals surface area contributed by atoms with Gasteiger partial charge in [0.2, 0.25) is 5.91 Å². The van der Waals surface area contributed by atoms with Gasteiger partial charge in [-0.05, 0) is 12.5 Å². The summed E-state index contributed by atoms with van der Waals surface area (Å²) in [5.41, 5.74) is 8.31. The first-order valence-electron chi connectivity index (χ1n) is 8.09. The molecule has 1 unspecified atom stereocenters. The van der Waals surface area contributed by atoms with Crippen molar-refractivity contribution in [3.63, 3.8) is 0 Å². The molecule has 1 heterocycles. The Kier molecular flexibility index (Phi) is 8.49. The summed E-state index contributed by atoms with van der Waals surface area (Å²) in [5.74, 6) is -2.55. The zero-order chi connectivity index (χ0) is 20.6. The highest BCUT2D eigenvalue weighted by Crippen LogP contribution is 2.27. The number of hydrogen-bond donors (Lipinski definition) is 1. The maximum atomic E-state index is 11.9. The monoisotopic (exact) mass is 386 g/mol. The van der Waals surface area contributed by atoms with E-state index in [4.69, 9.17) is 24.5 Å². The van der Waals surface area contributed by atoms with Crippen LogP contribution in [0.2, 0.25) is 0 Å². The predicted molar refractivity (Wildman–Crippen MR) is 88.0 cm³/mol. The largest absolute Gasteiger partial charge is 0.463 e. The maximum absolute atomic E-state index is 11.9. The number of azide groups is 1. The summed E-state index contributed by atoms with van der Waals surface area (Å²) >= 11 is 0. The normalized spacial score (nSPS) is 26.9. The molecule has 27 heavy (non-hydrogen) atoms. The zero-order valence-electron chi connectivity index (χ0n) is 15.4. The molecule has 1 N–H and O–H groups in total. The van der Waals surface area contributed by atoms with Crippen LogP contribution in [0.1, 0.15) is 27.7 Å². The Bertz CT molecular complexity index is 633. The average Bonchev–Trinajstić information content (AvgIpc) is 2.56. The van der Waals surface area contributed by atoms with Gasteiger partial charge < -0.3 is 24.3 Å². The first-order chi connectivity index (χ1) is 12.6. The maximum Gasteiger partial charge on any atom is 0.303 e. The Labute approximate surface area is 155 Å². The van der Waals surface area contributed by atoms with Crippen molar-refractivity contribution in [2.45, 2.75) is 58.2 Å². The van der Waals surface area contributed by atoms with Gasteiger partial charge in [0.15, 0.2) is 12.2 Å². The molecule has 1 aliphatic heterocycles. The summed E-state index contributed by atoms with van der Waals surface area (Å²) in [4.78, 5) is 48.6. The lowest BCUT2D eigenvalue weighted by Gasteiger charge is -2.44. The molecule has 0 aromatic carbocycles. The van der Waals surface area contributed by atoms with Gasteiger partial charge in [-0.2, -0.15) is 0 Å². The Morgan fingerprint density at radius 1 is 1.07 bits per heavy atom. The standard InChI is InChI=1S/C15H22N4O8/c1-7-13(18-12(23)5-17-19-16)15(27-10(4)22)14(26-9(3)21)11(25-7)6-24-8(2)20/h7,11,13-15H,5-6H2,1-4H3,(H,18,23)/t7-,11+,13?,14+,15+/m0/s1. The van der Waals surface area contributed by atoms with Gasteiger partial charge in [-0.1, -0.05) is 5.11 Å². The van der Waals surface area contributed by atoms with Crippen LogP contribution in [0.25, 0.3) is 10.4 Å². The SMILES string of the molecule is CC(=O)OC[C@H]1O[C@@H](C)C(NC(=O)CN=[N+]=[N-])[C@@H](OC(C)=O)[C@@H]1OC(C)=O. The number of carbonyl (C=O) groups excluding carboxylic acids is 4. The Morgan fingerprint density at radius 3 is 2.19 bits per heavy atom. The third kappa shape index (κ3) is 7.12. The van der Waals surface area contributed by atoms with E-state index in [1.807, 2.05) is 0 Å². The number of ether oxygens (including phenoxy) is 4. The molecule has 1 amide bonds. The minimum Gasteiger partial charge on any atom is -0.463 e. The van der Waals surface area contributed by atoms with Crippen LogP contribution in [0, 0.1) is 0 Å². The molecular weight excluding hydrogens is 364 g/mol. The van der Waals surface area contributed by atoms with E-state index in [9.17, 15) is 19.2 Å². The van der Waals surface area contributed by atoms with Crippen LogP contribution in [0.3, 0.4) is 0 Å². The van der Waals surface area contributed by atoms with Gasteiger partial charge in [0.05, 0.1) is 12.1 Å². The van der Waals surface area contributed by atoms with E-state index in [1.165, 1.54) is 6.92 Å². The van der Waals surface area contributed by atoms with Crippen LogP contribution in [-0.4, -0.2) is 67.4 Å². The lowest BCUT2D eigenvalue weighted by molar-refractivity contribution is -0.221. The molecule has 0 aromatic rings. The topological polar surface area (TPSA) is 166 Å². The second-order valence-corrected chi connectivity index (χ2v) is 5.81. The van der Waals surface area contributed by atoms with Gasteiger partial charge in [-0.15, -0.1) is 0 Å². The second-order valence-electron chi connectivity index (χ2n) is 5.81. The van der Waals surface area contributed by atoms with Gasteiger partial charge >= 0.3 is 17.9 Å². The molecule has 1 fully saturated rings. The van der Waals surface area contributed by atoms with E-state index in [0.29, 0.717) is 0 Å². The quantitative estimate of drug-likeness (QED) is 0.210. The Hall–Kier alpha value is -2.85. The summed E-state index contributed by atoms with van der Waals surface area (Å²) < 4.78 is 21.1. The Balaban J connectivity index is 3.12. The van der Waals surface area contributed by atoms with Crippen molar-refractivity contribution in [1.29, 1.82) is 0 Å². The fourth-order valence-electron chi connectivity index (χ4n) is 2.65. The van der Waals surface area contributed by atoms with Crippen molar-refractivity contribution in [2.75, 3.05) is 13.2 Å². The third-order valence-electron chi connectivity index (χ3n) is 3.60. The first-order valence-corrected chi connectivity index (χ1v) is 8.09. The van der Waals surface area contributed by atoms with Gasteiger partial charge in [0.1, 0.15) is 19.3 Å². The lowest BCUT2D eigenvalue weighted by atomic mass is 9.92. The number of nitrogens with zero attached hydrogens (tertiary/aromatic N) is 3. The van der Waals surface area contributed by atoms with Crippen molar-refractivity contribution in [2.24, 2.45) is 5.11 Å². The highest BCUT2D eigenvalue weighted by molar-refractivity contribution is 5.78. The summed E-state index contributed by atoms with van der Waals surface area (Å²) in [6.07, 6.45) is -3.85. The number of carbonyl (C=O) groups is 4. The van der Waals surface area contributed by atoms with Gasteiger partial charge in [0, 0.05) is 25.7 Å². The van der Waals surface area contributed by atoms with E-state index in [0.717, 1.165) is 13.8 Å². The van der Waals surface area contributed by atoms with Crippen LogP contribution in [0.15, 0.2) is 5.11 Å². The Morgan fingerprint density at radius 2 is 1.67 bits per heavy atom. The van der Waals surface area contributed by atoms with Gasteiger partial charge in [-0.25, -0.2) is 0 Å². The van der Waals surface area contributed by atoms with Gasteiger partial charge in [-0.3, -0.25) is 19.2 Å². The van der Waals surface area contributed by atoms with Crippen molar-refractivity contribution in [3.05, 3.63) is 10.4 Å². The minimum absolute atomic E-state index is 0.241. The van der Waals surface area contributed by atoms with E-state index in [1.54, 1.807) is 6.92 Å². The molecule has 12 nitrogen and oxygen atoms in total. The fraction of sp³-hybridized carbons (Fsp3) is 0.733. The number of hydrogen-bond acceptors (Lipinski definition) is 9. The van der Waals surface area contributed by atoms with Crippen LogP contribution in [-0.2, 0) is 38.1 Å². The van der Waals surface area contributed by atoms with Crippen LogP contribution in [0.5, 0.6) is 0 Å². The molecule has 12 heteroatoms. The van der Waals surface area contributed by atoms with E-state index in [2.05, 4.69) is 15.3 Å². The molecule has 0 aliphatic carbocycles. The summed E-state index contributed by atoms with van der Waals surface area (Å²) in [5, 5.41) is 5.70. The lowest BCUT2D eigenvalue weighted by Crippen LogP contribution is -2.65. The number of amides is 1. The molecule has 0 bridgehead atoms. The summed E-state index contributed by atoms with van der Waals surface area (Å²) in [6.45, 7) is 4.40. The predicted octanol–water partition coefficient (Wildman–Crippen LogP) is -0.00470. The molecule has 1 rings (SSSR count).